The number of aryl methyl sites for hydroxylation is 1. The van der Waals surface area contributed by atoms with Gasteiger partial charge in [-0.25, -0.2) is 0 Å². The molecule has 5 aromatic rings. The minimum atomic E-state index is -0.00748. The van der Waals surface area contributed by atoms with Gasteiger partial charge < -0.3 is 4.42 Å². The Balaban J connectivity index is 1.59. The number of aromatic nitrogens is 1. The summed E-state index contributed by atoms with van der Waals surface area (Å²) in [5.74, 6) is 0. The summed E-state index contributed by atoms with van der Waals surface area (Å²) in [5, 5.41) is 1.70. The van der Waals surface area contributed by atoms with E-state index in [1.165, 1.54) is 15.8 Å². The Morgan fingerprint density at radius 1 is 0.933 bits per heavy atom. The quantitative estimate of drug-likeness (QED) is 0.350. The maximum atomic E-state index is 12.9. The summed E-state index contributed by atoms with van der Waals surface area (Å²) in [5.41, 5.74) is 4.59. The van der Waals surface area contributed by atoms with Crippen LogP contribution in [0, 0.1) is 6.92 Å². The summed E-state index contributed by atoms with van der Waals surface area (Å²) in [4.78, 5) is 12.9. The first kappa shape index (κ1) is 18.5. The van der Waals surface area contributed by atoms with Gasteiger partial charge in [0.15, 0.2) is 12.0 Å². The maximum Gasteiger partial charge on any atom is 0.263 e. The third-order valence-corrected chi connectivity index (χ3v) is 6.38. The lowest BCUT2D eigenvalue weighted by Gasteiger charge is -2.01. The molecule has 30 heavy (non-hydrogen) atoms. The number of para-hydroxylation sites is 2. The monoisotopic (exact) mass is 410 g/mol. The number of nitrogens with zero attached hydrogens (tertiary/aromatic N) is 1. The van der Waals surface area contributed by atoms with Crippen molar-refractivity contribution in [1.29, 1.82) is 0 Å². The van der Waals surface area contributed by atoms with Crippen molar-refractivity contribution in [3.05, 3.63) is 111 Å². The van der Waals surface area contributed by atoms with Gasteiger partial charge in [-0.1, -0.05) is 65.9 Å². The molecule has 2 aromatic heterocycles. The van der Waals surface area contributed by atoms with Crippen molar-refractivity contribution in [2.75, 3.05) is 0 Å². The average molecular weight is 411 g/mol. The van der Waals surface area contributed by atoms with Crippen LogP contribution in [0.3, 0.4) is 0 Å². The zero-order chi connectivity index (χ0) is 20.5. The standard InChI is InChI=1S/C26H20NO2S/c1-18-8-7-11-21-25(28)20(17-29-26(18)21)14-15-24-27(16-19-9-3-2-4-10-19)22-12-5-6-13-23(22)30-24/h2-15,17H,16H2,1H3/q+1/b15-14+. The fraction of sp³-hybridized carbons (Fsp3) is 0.0769. The van der Waals surface area contributed by atoms with Crippen LogP contribution in [0.1, 0.15) is 21.7 Å². The molecule has 0 spiro atoms. The van der Waals surface area contributed by atoms with Gasteiger partial charge in [0.25, 0.3) is 5.01 Å². The molecule has 0 saturated carbocycles. The van der Waals surface area contributed by atoms with Crippen LogP contribution in [0.5, 0.6) is 0 Å². The highest BCUT2D eigenvalue weighted by molar-refractivity contribution is 7.18. The lowest BCUT2D eigenvalue weighted by molar-refractivity contribution is -0.659. The van der Waals surface area contributed by atoms with E-state index >= 15 is 0 Å². The molecule has 3 nitrogen and oxygen atoms in total. The van der Waals surface area contributed by atoms with Crippen LogP contribution in [0.2, 0.25) is 0 Å². The molecule has 3 aromatic carbocycles. The molecule has 5 rings (SSSR count). The van der Waals surface area contributed by atoms with Crippen molar-refractivity contribution in [3.8, 4) is 0 Å². The van der Waals surface area contributed by atoms with Gasteiger partial charge in [-0.15, -0.1) is 0 Å². The summed E-state index contributed by atoms with van der Waals surface area (Å²) in [6, 6.07) is 24.5. The molecular formula is C26H20NO2S+. The minimum Gasteiger partial charge on any atom is -0.463 e. The molecule has 0 amide bonds. The van der Waals surface area contributed by atoms with Crippen molar-refractivity contribution in [3.63, 3.8) is 0 Å². The van der Waals surface area contributed by atoms with Crippen LogP contribution >= 0.6 is 11.3 Å². The van der Waals surface area contributed by atoms with Gasteiger partial charge in [-0.3, -0.25) is 4.79 Å². The summed E-state index contributed by atoms with van der Waals surface area (Å²) >= 11 is 1.72. The predicted molar refractivity (Wildman–Crippen MR) is 124 cm³/mol. The Morgan fingerprint density at radius 2 is 1.73 bits per heavy atom. The highest BCUT2D eigenvalue weighted by atomic mass is 32.1. The third kappa shape index (κ3) is 3.36. The van der Waals surface area contributed by atoms with E-state index in [9.17, 15) is 4.79 Å². The van der Waals surface area contributed by atoms with E-state index in [0.717, 1.165) is 17.1 Å². The number of benzene rings is 3. The largest absolute Gasteiger partial charge is 0.463 e. The van der Waals surface area contributed by atoms with Gasteiger partial charge in [0.2, 0.25) is 5.52 Å². The second kappa shape index (κ2) is 7.73. The first-order valence-electron chi connectivity index (χ1n) is 9.85. The van der Waals surface area contributed by atoms with Gasteiger partial charge in [0.05, 0.1) is 10.9 Å². The number of rotatable bonds is 4. The lowest BCUT2D eigenvalue weighted by Crippen LogP contribution is -2.35. The molecule has 0 N–H and O–H groups in total. The van der Waals surface area contributed by atoms with Crippen LogP contribution < -0.4 is 10.00 Å². The van der Waals surface area contributed by atoms with Crippen molar-refractivity contribution < 1.29 is 8.98 Å². The zero-order valence-corrected chi connectivity index (χ0v) is 17.4. The van der Waals surface area contributed by atoms with Gasteiger partial charge in [0.1, 0.15) is 16.5 Å². The van der Waals surface area contributed by atoms with Gasteiger partial charge >= 0.3 is 0 Å². The first-order chi connectivity index (χ1) is 14.7. The van der Waals surface area contributed by atoms with Crippen molar-refractivity contribution in [1.82, 2.24) is 0 Å². The van der Waals surface area contributed by atoms with E-state index in [1.54, 1.807) is 17.6 Å². The van der Waals surface area contributed by atoms with Gasteiger partial charge in [-0.2, -0.15) is 4.57 Å². The molecule has 2 heterocycles. The molecule has 146 valence electrons. The zero-order valence-electron chi connectivity index (χ0n) is 16.5. The summed E-state index contributed by atoms with van der Waals surface area (Å²) in [6.07, 6.45) is 5.43. The van der Waals surface area contributed by atoms with Gasteiger partial charge in [0, 0.05) is 17.7 Å². The van der Waals surface area contributed by atoms with E-state index in [2.05, 4.69) is 53.1 Å². The molecule has 4 heteroatoms. The Labute approximate surface area is 178 Å². The molecule has 0 bridgehead atoms. The minimum absolute atomic E-state index is 0.00748. The highest BCUT2D eigenvalue weighted by Crippen LogP contribution is 2.23. The molecule has 0 aliphatic heterocycles. The third-order valence-electron chi connectivity index (χ3n) is 5.25. The molecule has 0 saturated heterocycles. The Bertz CT molecular complexity index is 1440. The number of hydrogen-bond acceptors (Lipinski definition) is 3. The fourth-order valence-electron chi connectivity index (χ4n) is 3.70. The van der Waals surface area contributed by atoms with Crippen LogP contribution in [0.15, 0.2) is 88.3 Å². The van der Waals surface area contributed by atoms with Crippen molar-refractivity contribution >= 4 is 44.7 Å². The van der Waals surface area contributed by atoms with Crippen LogP contribution in [0.4, 0.5) is 0 Å². The van der Waals surface area contributed by atoms with E-state index in [4.69, 9.17) is 4.42 Å². The highest BCUT2D eigenvalue weighted by Gasteiger charge is 2.19. The average Bonchev–Trinajstić information content (AvgIpc) is 3.12. The second-order valence-corrected chi connectivity index (χ2v) is 8.35. The maximum absolute atomic E-state index is 12.9. The predicted octanol–water partition coefficient (Wildman–Crippen LogP) is 5.82. The summed E-state index contributed by atoms with van der Waals surface area (Å²) in [7, 11) is 0. The topological polar surface area (TPSA) is 34.1 Å². The Hall–Kier alpha value is -3.50. The number of thiazole rings is 1. The van der Waals surface area contributed by atoms with E-state index in [0.29, 0.717) is 16.5 Å². The molecule has 0 aliphatic rings. The molecule has 0 unspecified atom stereocenters. The Kier molecular flexibility index (Phi) is 4.77. The number of fused-ring (bicyclic) bond motifs is 2. The molecule has 0 atom stereocenters. The summed E-state index contributed by atoms with van der Waals surface area (Å²) in [6.45, 7) is 2.72. The van der Waals surface area contributed by atoms with Crippen molar-refractivity contribution in [2.24, 2.45) is 0 Å². The van der Waals surface area contributed by atoms with Crippen LogP contribution in [0.25, 0.3) is 33.3 Å². The smallest absolute Gasteiger partial charge is 0.263 e. The summed E-state index contributed by atoms with van der Waals surface area (Å²) < 4.78 is 9.28. The van der Waals surface area contributed by atoms with Gasteiger partial charge in [-0.05, 0) is 30.7 Å². The fourth-order valence-corrected chi connectivity index (χ4v) is 4.77. The molecule has 0 fully saturated rings. The first-order valence-corrected chi connectivity index (χ1v) is 10.7. The Morgan fingerprint density at radius 3 is 2.60 bits per heavy atom. The van der Waals surface area contributed by atoms with E-state index in [1.807, 2.05) is 43.3 Å². The lowest BCUT2D eigenvalue weighted by atomic mass is 10.1. The second-order valence-electron chi connectivity index (χ2n) is 7.28. The van der Waals surface area contributed by atoms with E-state index < -0.39 is 0 Å². The SMILES string of the molecule is Cc1cccc2c(=O)c(/C=C/c3sc4ccccc4[n+]3Cc3ccccc3)coc12. The van der Waals surface area contributed by atoms with Crippen LogP contribution in [-0.4, -0.2) is 0 Å². The molecular weight excluding hydrogens is 390 g/mol. The molecule has 0 radical (unpaired) electrons. The number of hydrogen-bond donors (Lipinski definition) is 0. The van der Waals surface area contributed by atoms with Crippen molar-refractivity contribution in [2.45, 2.75) is 13.5 Å². The van der Waals surface area contributed by atoms with Crippen LogP contribution in [-0.2, 0) is 6.54 Å². The molecule has 0 aliphatic carbocycles. The normalized spacial score (nSPS) is 11.6. The van der Waals surface area contributed by atoms with E-state index in [-0.39, 0.29) is 5.43 Å².